The van der Waals surface area contributed by atoms with Crippen molar-refractivity contribution in [3.05, 3.63) is 188 Å². The van der Waals surface area contributed by atoms with Crippen LogP contribution in [0.15, 0.2) is 174 Å². The number of imidazole rings is 2. The van der Waals surface area contributed by atoms with Gasteiger partial charge in [0.1, 0.15) is 34.0 Å². The number of hydrogen-bond acceptors (Lipinski definition) is 22. The number of anilines is 4. The van der Waals surface area contributed by atoms with E-state index in [0.29, 0.717) is 96.7 Å². The molecule has 0 radical (unpaired) electrons. The minimum atomic E-state index is -3.46. The van der Waals surface area contributed by atoms with Crippen molar-refractivity contribution in [3.8, 4) is 46.0 Å². The van der Waals surface area contributed by atoms with Crippen LogP contribution in [-0.2, 0) is 61.2 Å². The highest BCUT2D eigenvalue weighted by atomic mass is 32.2. The lowest BCUT2D eigenvalue weighted by atomic mass is 10.3. The topological polar surface area (TPSA) is 430 Å². The highest BCUT2D eigenvalue weighted by molar-refractivity contribution is 7.94. The fraction of sp³-hybridized carbons (Fsp3) is 0.262. The van der Waals surface area contributed by atoms with Crippen LogP contribution < -0.4 is 60.7 Å². The fourth-order valence-corrected chi connectivity index (χ4v) is 11.4. The number of hydrogen-bond donors (Lipinski definition) is 7. The molecule has 0 aliphatic rings. The summed E-state index contributed by atoms with van der Waals surface area (Å²) in [7, 11) is -8.96. The van der Waals surface area contributed by atoms with Gasteiger partial charge < -0.3 is 32.8 Å². The molecule has 0 aliphatic carbocycles. The number of fused-ring (bicyclic) bond motifs is 4. The Hall–Kier alpha value is -11.2. The summed E-state index contributed by atoms with van der Waals surface area (Å²) in [6.45, 7) is 12.8. The van der Waals surface area contributed by atoms with Crippen LogP contribution in [0.1, 0.15) is 70.2 Å². The summed E-state index contributed by atoms with van der Waals surface area (Å²) in [5.74, 6) is 1.93. The number of aromatic amines is 3. The molecular formula is C65H76N14O18S4. The molecule has 0 saturated heterocycles. The molecule has 12 rings (SSSR count). The zero-order chi connectivity index (χ0) is 71.9. The molecule has 4 aromatic carbocycles. The second kappa shape index (κ2) is 31.7. The van der Waals surface area contributed by atoms with Gasteiger partial charge in [-0.1, -0.05) is 39.1 Å². The third-order valence-corrected chi connectivity index (χ3v) is 21.2. The average Bonchev–Trinajstić information content (AvgIpc) is 1.64. The standard InChI is InChI=1S/C17H20N4O4S.C16H17N3O5S.C15H16N4O4S.C15H15N3O5S.2CH4/c1-11(2)26(23,24)19-12-6-5-7-13(10-12)25-14-8-9-18-16-15(14)20(3)17(22)21(16)4;1-10(2)25(21,22)18-11-5-4-6-12(9-11)23-13-7-8-17-15-14(13)24-16(20)19(15)3;1-9(2)24(21,22)19-10-4-3-5-11(8-10)23-12-6-7-16-14-13(12)17-15(20)18-14;1-9(2)24(20,21)18-10-4-3-5-11(8-10)22-12-6-7-16-14-13(12)23-15(19)17-14;;/h5-11,19H,1-4H3;4-10,18H,1-3H3;3-9,19H,1-2H3,(H2,16,17,18,20);3-9,18H,1-2H3,(H,16,17,19);2*1H4. The number of aryl methyl sites for hydroxylation is 3. The molecule has 101 heavy (non-hydrogen) atoms. The van der Waals surface area contributed by atoms with Gasteiger partial charge in [-0.25, -0.2) is 72.8 Å². The number of nitrogens with one attached hydrogen (secondary N) is 7. The predicted molar refractivity (Wildman–Crippen MR) is 387 cm³/mol. The number of aromatic nitrogens is 10. The first-order chi connectivity index (χ1) is 46.7. The smallest absolute Gasteiger partial charge is 0.421 e. The molecule has 0 fully saturated rings. The van der Waals surface area contributed by atoms with Gasteiger partial charge in [0, 0.05) is 94.5 Å². The predicted octanol–water partition coefficient (Wildman–Crippen LogP) is 10.6. The van der Waals surface area contributed by atoms with Crippen molar-refractivity contribution in [3.63, 3.8) is 0 Å². The second-order valence-electron chi connectivity index (χ2n) is 22.7. The van der Waals surface area contributed by atoms with Gasteiger partial charge in [0.05, 0.1) is 43.7 Å². The van der Waals surface area contributed by atoms with Crippen molar-refractivity contribution in [2.75, 3.05) is 18.9 Å². The van der Waals surface area contributed by atoms with Gasteiger partial charge in [-0.15, -0.1) is 0 Å². The summed E-state index contributed by atoms with van der Waals surface area (Å²) in [6, 6.07) is 32.5. The van der Waals surface area contributed by atoms with Gasteiger partial charge in [0.2, 0.25) is 51.3 Å². The maximum Gasteiger partial charge on any atom is 0.421 e. The minimum absolute atomic E-state index is 0. The Bertz CT molecular complexity index is 5510. The Labute approximate surface area is 580 Å². The van der Waals surface area contributed by atoms with Crippen molar-refractivity contribution in [1.82, 2.24) is 48.6 Å². The lowest BCUT2D eigenvalue weighted by Crippen LogP contribution is -2.22. The van der Waals surface area contributed by atoms with Gasteiger partial charge in [0.25, 0.3) is 0 Å². The minimum Gasteiger partial charge on any atom is -0.455 e. The van der Waals surface area contributed by atoms with Gasteiger partial charge in [-0.3, -0.25) is 42.6 Å². The molecule has 8 aromatic heterocycles. The molecule has 8 heterocycles. The number of ether oxygens (including phenoxy) is 4. The molecule has 0 bridgehead atoms. The second-order valence-corrected chi connectivity index (χ2v) is 31.6. The van der Waals surface area contributed by atoms with E-state index in [1.807, 2.05) is 0 Å². The number of pyridine rings is 4. The van der Waals surface area contributed by atoms with Crippen molar-refractivity contribution in [2.45, 2.75) is 91.2 Å². The zero-order valence-corrected chi connectivity index (χ0v) is 58.0. The van der Waals surface area contributed by atoms with Crippen molar-refractivity contribution >= 4 is 108 Å². The lowest BCUT2D eigenvalue weighted by molar-refractivity contribution is 0.462. The number of oxazole rings is 2. The zero-order valence-electron chi connectivity index (χ0n) is 54.8. The summed E-state index contributed by atoms with van der Waals surface area (Å²) >= 11 is 0. The molecule has 0 spiro atoms. The van der Waals surface area contributed by atoms with E-state index >= 15 is 0 Å². The van der Waals surface area contributed by atoms with E-state index < -0.39 is 72.6 Å². The number of rotatable bonds is 20. The van der Waals surface area contributed by atoms with Crippen molar-refractivity contribution in [2.24, 2.45) is 21.1 Å². The van der Waals surface area contributed by atoms with Crippen LogP contribution in [0.4, 0.5) is 22.7 Å². The quantitative estimate of drug-likeness (QED) is 0.0373. The van der Waals surface area contributed by atoms with Crippen LogP contribution in [0, 0.1) is 0 Å². The molecule has 7 N–H and O–H groups in total. The van der Waals surface area contributed by atoms with Gasteiger partial charge >= 0.3 is 22.9 Å². The lowest BCUT2D eigenvalue weighted by Gasteiger charge is -2.12. The largest absolute Gasteiger partial charge is 0.455 e. The first-order valence-corrected chi connectivity index (χ1v) is 36.0. The summed E-state index contributed by atoms with van der Waals surface area (Å²) in [6.07, 6.45) is 6.03. The van der Waals surface area contributed by atoms with Crippen LogP contribution in [0.3, 0.4) is 0 Å². The van der Waals surface area contributed by atoms with E-state index in [0.717, 1.165) is 0 Å². The third-order valence-electron chi connectivity index (χ3n) is 14.2. The van der Waals surface area contributed by atoms with E-state index in [-0.39, 0.29) is 43.0 Å². The molecule has 36 heteroatoms. The number of nitrogens with zero attached hydrogens (tertiary/aromatic N) is 7. The van der Waals surface area contributed by atoms with Crippen molar-refractivity contribution in [1.29, 1.82) is 0 Å². The summed E-state index contributed by atoms with van der Waals surface area (Å²) in [5.41, 5.74) is 3.91. The maximum absolute atomic E-state index is 12.1. The molecule has 0 amide bonds. The number of sulfonamides is 4. The first kappa shape index (κ1) is 77.1. The average molecular weight is 1470 g/mol. The van der Waals surface area contributed by atoms with E-state index in [1.165, 1.54) is 38.4 Å². The Morgan fingerprint density at radius 1 is 0.406 bits per heavy atom. The van der Waals surface area contributed by atoms with Crippen LogP contribution in [-0.4, -0.2) is 103 Å². The van der Waals surface area contributed by atoms with E-state index in [1.54, 1.807) is 198 Å². The molecule has 32 nitrogen and oxygen atoms in total. The van der Waals surface area contributed by atoms with Gasteiger partial charge in [0.15, 0.2) is 45.6 Å². The third kappa shape index (κ3) is 18.8. The molecule has 0 aliphatic heterocycles. The number of H-pyrrole nitrogens is 3. The molecule has 538 valence electrons. The molecule has 0 saturated carbocycles. The number of benzene rings is 4. The van der Waals surface area contributed by atoms with E-state index in [9.17, 15) is 52.8 Å². The Kier molecular flexibility index (Phi) is 24.2. The SMILES string of the molecule is C.C.CC(C)S(=O)(=O)Nc1cccc(Oc2ccnc3[nH]c(=O)[nH]c23)c1.CC(C)S(=O)(=O)Nc1cccc(Oc2ccnc3[nH]c(=O)oc23)c1.CC(C)S(=O)(=O)Nc1cccc(Oc2ccnc3c2n(C)c(=O)n3C)c1.CC(C)S(=O)(=O)Nc1cccc(Oc2ccnc3c2oc(=O)n3C)c1. The monoisotopic (exact) mass is 1470 g/mol. The van der Waals surface area contributed by atoms with Crippen LogP contribution >= 0.6 is 0 Å². The van der Waals surface area contributed by atoms with Crippen LogP contribution in [0.25, 0.3) is 44.8 Å². The Morgan fingerprint density at radius 3 is 1.21 bits per heavy atom. The van der Waals surface area contributed by atoms with Crippen LogP contribution in [0.2, 0.25) is 0 Å². The van der Waals surface area contributed by atoms with Gasteiger partial charge in [-0.05, 0) is 104 Å². The summed E-state index contributed by atoms with van der Waals surface area (Å²) in [5, 5.41) is -2.22. The first-order valence-electron chi connectivity index (χ1n) is 29.9. The molecule has 0 atom stereocenters. The summed E-state index contributed by atoms with van der Waals surface area (Å²) in [4.78, 5) is 70.3. The van der Waals surface area contributed by atoms with E-state index in [2.05, 4.69) is 53.8 Å². The molecular weight excluding hydrogens is 1390 g/mol. The maximum atomic E-state index is 12.1. The molecule has 0 unspecified atom stereocenters. The van der Waals surface area contributed by atoms with Gasteiger partial charge in [-0.2, -0.15) is 0 Å². The normalized spacial score (nSPS) is 11.6. The Morgan fingerprint density at radius 2 is 0.772 bits per heavy atom. The van der Waals surface area contributed by atoms with E-state index in [4.69, 9.17) is 27.8 Å². The fourth-order valence-electron chi connectivity index (χ4n) is 8.60. The molecule has 12 aromatic rings. The summed E-state index contributed by atoms with van der Waals surface area (Å²) < 4.78 is 143. The Balaban J connectivity index is 0.000000188. The van der Waals surface area contributed by atoms with Crippen LogP contribution in [0.5, 0.6) is 46.0 Å². The highest BCUT2D eigenvalue weighted by Crippen LogP contribution is 2.34. The van der Waals surface area contributed by atoms with Crippen molar-refractivity contribution < 1.29 is 61.5 Å². The highest BCUT2D eigenvalue weighted by Gasteiger charge is 2.22.